The molecule has 0 aromatic heterocycles. The van der Waals surface area contributed by atoms with Gasteiger partial charge in [0.2, 0.25) is 0 Å². The van der Waals surface area contributed by atoms with Gasteiger partial charge >= 0.3 is 5.97 Å². The summed E-state index contributed by atoms with van der Waals surface area (Å²) in [4.78, 5) is 10.5. The van der Waals surface area contributed by atoms with Crippen LogP contribution in [0.25, 0.3) is 0 Å². The first kappa shape index (κ1) is 13.2. The van der Waals surface area contributed by atoms with E-state index in [1.54, 1.807) is 0 Å². The Kier molecular flexibility index (Phi) is 7.11. The van der Waals surface area contributed by atoms with Gasteiger partial charge in [-0.05, 0) is 31.2 Å². The summed E-state index contributed by atoms with van der Waals surface area (Å²) in [6.07, 6.45) is 6.31. The molecule has 0 aromatic carbocycles. The molecule has 0 saturated heterocycles. The molecule has 0 saturated carbocycles. The lowest BCUT2D eigenvalue weighted by molar-refractivity contribution is -0.138. The molecule has 3 N–H and O–H groups in total. The predicted octanol–water partition coefficient (Wildman–Crippen LogP) is 2.03. The Balaban J connectivity index is 3.91. The predicted molar refractivity (Wildman–Crippen MR) is 58.0 cm³/mol. The lowest BCUT2D eigenvalue weighted by atomic mass is 9.93. The van der Waals surface area contributed by atoms with Gasteiger partial charge in [-0.3, -0.25) is 4.79 Å². The van der Waals surface area contributed by atoms with Crippen LogP contribution in [0.5, 0.6) is 0 Å². The third-order valence-electron chi connectivity index (χ3n) is 2.20. The first-order valence-electron chi connectivity index (χ1n) is 5.18. The van der Waals surface area contributed by atoms with Crippen LogP contribution in [0.3, 0.4) is 0 Å². The molecule has 2 atom stereocenters. The smallest absolute Gasteiger partial charge is 0.303 e. The molecule has 0 aliphatic rings. The van der Waals surface area contributed by atoms with Crippen molar-refractivity contribution in [3.63, 3.8) is 0 Å². The van der Waals surface area contributed by atoms with Gasteiger partial charge in [-0.1, -0.05) is 26.0 Å². The lowest BCUT2D eigenvalue weighted by Gasteiger charge is -2.15. The minimum Gasteiger partial charge on any atom is -0.481 e. The number of hydrogen-bond donors (Lipinski definition) is 2. The second-order valence-corrected chi connectivity index (χ2v) is 3.75. The van der Waals surface area contributed by atoms with Gasteiger partial charge in [0.1, 0.15) is 0 Å². The molecular weight excluding hydrogens is 178 g/mol. The van der Waals surface area contributed by atoms with Gasteiger partial charge in [-0.2, -0.15) is 0 Å². The summed E-state index contributed by atoms with van der Waals surface area (Å²) < 4.78 is 0. The van der Waals surface area contributed by atoms with Crippen LogP contribution >= 0.6 is 0 Å². The molecule has 0 bridgehead atoms. The number of carboxylic acids is 1. The largest absolute Gasteiger partial charge is 0.481 e. The second-order valence-electron chi connectivity index (χ2n) is 3.75. The first-order chi connectivity index (χ1) is 6.60. The van der Waals surface area contributed by atoms with E-state index in [0.717, 1.165) is 12.8 Å². The van der Waals surface area contributed by atoms with Gasteiger partial charge in [0.25, 0.3) is 0 Å². The summed E-state index contributed by atoms with van der Waals surface area (Å²) in [6.45, 7) is 4.63. The summed E-state index contributed by atoms with van der Waals surface area (Å²) in [5.74, 6) is -0.237. The van der Waals surface area contributed by atoms with E-state index >= 15 is 0 Å². The Morgan fingerprint density at radius 3 is 2.64 bits per heavy atom. The Morgan fingerprint density at radius 2 is 2.21 bits per heavy atom. The van der Waals surface area contributed by atoms with E-state index in [1.165, 1.54) is 0 Å². The zero-order chi connectivity index (χ0) is 11.0. The van der Waals surface area contributed by atoms with E-state index in [0.29, 0.717) is 12.5 Å². The van der Waals surface area contributed by atoms with Crippen LogP contribution in [0, 0.1) is 11.8 Å². The molecule has 0 rings (SSSR count). The molecule has 82 valence electrons. The number of carbonyl (C=O) groups is 1. The van der Waals surface area contributed by atoms with Crippen LogP contribution in [0.2, 0.25) is 0 Å². The van der Waals surface area contributed by atoms with Crippen LogP contribution in [0.15, 0.2) is 12.2 Å². The molecule has 0 unspecified atom stereocenters. The Hall–Kier alpha value is -0.830. The zero-order valence-corrected chi connectivity index (χ0v) is 9.07. The molecule has 0 aliphatic heterocycles. The Bertz CT molecular complexity index is 190. The highest BCUT2D eigenvalue weighted by atomic mass is 16.4. The van der Waals surface area contributed by atoms with E-state index in [2.05, 4.69) is 26.0 Å². The van der Waals surface area contributed by atoms with E-state index in [1.807, 2.05) is 0 Å². The molecule has 0 heterocycles. The third kappa shape index (κ3) is 6.66. The summed E-state index contributed by atoms with van der Waals surface area (Å²) in [7, 11) is 0. The van der Waals surface area contributed by atoms with E-state index in [-0.39, 0.29) is 12.3 Å². The maximum atomic E-state index is 10.5. The minimum atomic E-state index is -0.757. The standard InChI is InChI=1S/C11H21NO2/c1-3-4-5-9(2)6-10(8-12)7-11(13)14/h4-5,9-10H,3,6-8,12H2,1-2H3,(H,13,14)/t9-,10+/m1/s1. The number of hydrogen-bond acceptors (Lipinski definition) is 2. The SMILES string of the molecule is CCC=C[C@@H](C)C[C@H](CN)CC(=O)O. The van der Waals surface area contributed by atoms with Crippen molar-refractivity contribution < 1.29 is 9.90 Å². The van der Waals surface area contributed by atoms with Gasteiger partial charge in [-0.15, -0.1) is 0 Å². The van der Waals surface area contributed by atoms with Gasteiger partial charge in [0, 0.05) is 6.42 Å². The van der Waals surface area contributed by atoms with Gasteiger partial charge in [0.15, 0.2) is 0 Å². The number of rotatable bonds is 7. The molecule has 3 nitrogen and oxygen atoms in total. The molecule has 0 fully saturated rings. The molecule has 0 spiro atoms. The highest BCUT2D eigenvalue weighted by molar-refractivity contribution is 5.67. The average molecular weight is 199 g/mol. The minimum absolute atomic E-state index is 0.101. The van der Waals surface area contributed by atoms with Crippen molar-refractivity contribution in [1.29, 1.82) is 0 Å². The molecule has 0 radical (unpaired) electrons. The highest BCUT2D eigenvalue weighted by Crippen LogP contribution is 2.15. The van der Waals surface area contributed by atoms with Crippen LogP contribution in [0.4, 0.5) is 0 Å². The lowest BCUT2D eigenvalue weighted by Crippen LogP contribution is -2.19. The molecule has 0 aromatic rings. The Labute approximate surface area is 86.0 Å². The Morgan fingerprint density at radius 1 is 1.57 bits per heavy atom. The summed E-state index contributed by atoms with van der Waals surface area (Å²) in [5.41, 5.74) is 5.51. The van der Waals surface area contributed by atoms with Crippen molar-refractivity contribution in [1.82, 2.24) is 0 Å². The fourth-order valence-corrected chi connectivity index (χ4v) is 1.48. The zero-order valence-electron chi connectivity index (χ0n) is 9.07. The maximum Gasteiger partial charge on any atom is 0.303 e. The first-order valence-corrected chi connectivity index (χ1v) is 5.18. The normalized spacial score (nSPS) is 15.6. The van der Waals surface area contributed by atoms with Gasteiger partial charge < -0.3 is 10.8 Å². The van der Waals surface area contributed by atoms with Crippen LogP contribution in [-0.2, 0) is 4.79 Å². The third-order valence-corrected chi connectivity index (χ3v) is 2.20. The average Bonchev–Trinajstić information content (AvgIpc) is 2.12. The van der Waals surface area contributed by atoms with Crippen molar-refractivity contribution >= 4 is 5.97 Å². The second kappa shape index (κ2) is 7.56. The van der Waals surface area contributed by atoms with Crippen molar-refractivity contribution in [3.8, 4) is 0 Å². The highest BCUT2D eigenvalue weighted by Gasteiger charge is 2.13. The number of carboxylic acid groups (broad SMARTS) is 1. The number of nitrogens with two attached hydrogens (primary N) is 1. The fraction of sp³-hybridized carbons (Fsp3) is 0.727. The molecule has 0 amide bonds. The quantitative estimate of drug-likeness (QED) is 0.617. The molecule has 3 heteroatoms. The number of allylic oxidation sites excluding steroid dienone is 2. The maximum absolute atomic E-state index is 10.5. The van der Waals surface area contributed by atoms with Crippen molar-refractivity contribution in [2.75, 3.05) is 6.54 Å². The van der Waals surface area contributed by atoms with Crippen LogP contribution in [0.1, 0.15) is 33.1 Å². The molecule has 14 heavy (non-hydrogen) atoms. The topological polar surface area (TPSA) is 63.3 Å². The van der Waals surface area contributed by atoms with E-state index < -0.39 is 5.97 Å². The van der Waals surface area contributed by atoms with Crippen molar-refractivity contribution in [2.24, 2.45) is 17.6 Å². The summed E-state index contributed by atoms with van der Waals surface area (Å²) in [6, 6.07) is 0. The van der Waals surface area contributed by atoms with E-state index in [9.17, 15) is 4.79 Å². The number of aliphatic carboxylic acids is 1. The van der Waals surface area contributed by atoms with E-state index in [4.69, 9.17) is 10.8 Å². The molecular formula is C11H21NO2. The van der Waals surface area contributed by atoms with Crippen LogP contribution in [-0.4, -0.2) is 17.6 Å². The van der Waals surface area contributed by atoms with Crippen molar-refractivity contribution in [2.45, 2.75) is 33.1 Å². The van der Waals surface area contributed by atoms with Gasteiger partial charge in [0.05, 0.1) is 0 Å². The van der Waals surface area contributed by atoms with Crippen LogP contribution < -0.4 is 5.73 Å². The summed E-state index contributed by atoms with van der Waals surface area (Å²) >= 11 is 0. The fourth-order valence-electron chi connectivity index (χ4n) is 1.48. The van der Waals surface area contributed by atoms with Crippen molar-refractivity contribution in [3.05, 3.63) is 12.2 Å². The summed E-state index contributed by atoms with van der Waals surface area (Å²) in [5, 5.41) is 8.63. The van der Waals surface area contributed by atoms with Gasteiger partial charge in [-0.25, -0.2) is 0 Å². The monoisotopic (exact) mass is 199 g/mol. The molecule has 0 aliphatic carbocycles.